The zero-order valence-electron chi connectivity index (χ0n) is 11.1. The van der Waals surface area contributed by atoms with Crippen molar-refractivity contribution in [1.82, 2.24) is 10.4 Å². The normalized spacial score (nSPS) is 12.5. The molecule has 3 nitrogen and oxygen atoms in total. The van der Waals surface area contributed by atoms with Gasteiger partial charge in [-0.3, -0.25) is 10.8 Å². The van der Waals surface area contributed by atoms with Gasteiger partial charge >= 0.3 is 0 Å². The molecule has 0 fully saturated rings. The van der Waals surface area contributed by atoms with Gasteiger partial charge in [0.05, 0.1) is 11.6 Å². The molecule has 2 aromatic carbocycles. The lowest BCUT2D eigenvalue weighted by molar-refractivity contribution is 0.638. The monoisotopic (exact) mass is 453 g/mol. The van der Waals surface area contributed by atoms with Crippen LogP contribution in [0, 0.1) is 3.57 Å². The van der Waals surface area contributed by atoms with Crippen LogP contribution in [0.1, 0.15) is 17.2 Å². The zero-order chi connectivity index (χ0) is 14.8. The molecule has 0 bridgehead atoms. The standard InChI is InChI=1S/C16H13BrIN3/c17-10-6-7-14(18)13(9-10)16(21-19)12-3-1-5-15-11(12)4-2-8-20-15/h1-9,16,21H,19H2. The van der Waals surface area contributed by atoms with Gasteiger partial charge in [0.2, 0.25) is 0 Å². The number of nitrogens with one attached hydrogen (secondary N) is 1. The molecule has 3 rings (SSSR count). The molecule has 0 aliphatic carbocycles. The number of aromatic nitrogens is 1. The summed E-state index contributed by atoms with van der Waals surface area (Å²) in [5.74, 6) is 5.86. The van der Waals surface area contributed by atoms with E-state index in [1.807, 2.05) is 24.3 Å². The Bertz CT molecular complexity index is 786. The minimum atomic E-state index is -0.0812. The molecule has 0 saturated heterocycles. The average Bonchev–Trinajstić information content (AvgIpc) is 2.51. The van der Waals surface area contributed by atoms with E-state index < -0.39 is 0 Å². The molecule has 0 aliphatic heterocycles. The van der Waals surface area contributed by atoms with Crippen molar-refractivity contribution in [2.75, 3.05) is 0 Å². The van der Waals surface area contributed by atoms with Crippen molar-refractivity contribution in [2.45, 2.75) is 6.04 Å². The third-order valence-electron chi connectivity index (χ3n) is 3.43. The number of rotatable bonds is 3. The second-order valence-electron chi connectivity index (χ2n) is 4.68. The van der Waals surface area contributed by atoms with Crippen LogP contribution in [0.25, 0.3) is 10.9 Å². The van der Waals surface area contributed by atoms with E-state index in [4.69, 9.17) is 5.84 Å². The second-order valence-corrected chi connectivity index (χ2v) is 6.76. The Kier molecular flexibility index (Phi) is 4.54. The molecule has 5 heteroatoms. The van der Waals surface area contributed by atoms with Crippen LogP contribution in [0.3, 0.4) is 0 Å². The van der Waals surface area contributed by atoms with Crippen molar-refractivity contribution in [2.24, 2.45) is 5.84 Å². The Hall–Kier alpha value is -1.02. The number of benzene rings is 2. The van der Waals surface area contributed by atoms with Crippen LogP contribution in [-0.2, 0) is 0 Å². The number of hydrogen-bond donors (Lipinski definition) is 2. The number of nitrogens with two attached hydrogens (primary N) is 1. The molecule has 1 aromatic heterocycles. The molecule has 106 valence electrons. The summed E-state index contributed by atoms with van der Waals surface area (Å²) < 4.78 is 2.20. The second kappa shape index (κ2) is 6.39. The number of hydrogen-bond acceptors (Lipinski definition) is 3. The maximum atomic E-state index is 5.86. The van der Waals surface area contributed by atoms with E-state index >= 15 is 0 Å². The highest BCUT2D eigenvalue weighted by atomic mass is 127. The summed E-state index contributed by atoms with van der Waals surface area (Å²) in [4.78, 5) is 4.41. The van der Waals surface area contributed by atoms with Gasteiger partial charge in [-0.15, -0.1) is 0 Å². The van der Waals surface area contributed by atoms with E-state index in [-0.39, 0.29) is 6.04 Å². The molecule has 3 N–H and O–H groups in total. The molecule has 0 saturated carbocycles. The van der Waals surface area contributed by atoms with Gasteiger partial charge in [0.15, 0.2) is 0 Å². The maximum absolute atomic E-state index is 5.86. The third kappa shape index (κ3) is 2.96. The smallest absolute Gasteiger partial charge is 0.0727 e. The Morgan fingerprint density at radius 2 is 1.95 bits per heavy atom. The van der Waals surface area contributed by atoms with Gasteiger partial charge < -0.3 is 0 Å². The summed E-state index contributed by atoms with van der Waals surface area (Å²) in [6.07, 6.45) is 1.81. The number of nitrogens with zero attached hydrogens (tertiary/aromatic N) is 1. The molecule has 0 radical (unpaired) electrons. The van der Waals surface area contributed by atoms with Crippen molar-refractivity contribution in [3.8, 4) is 0 Å². The highest BCUT2D eigenvalue weighted by Crippen LogP contribution is 2.31. The topological polar surface area (TPSA) is 50.9 Å². The Balaban J connectivity index is 2.21. The van der Waals surface area contributed by atoms with Gasteiger partial charge in [-0.05, 0) is 64.0 Å². The van der Waals surface area contributed by atoms with E-state index in [1.54, 1.807) is 6.20 Å². The minimum Gasteiger partial charge on any atom is -0.271 e. The van der Waals surface area contributed by atoms with Crippen molar-refractivity contribution in [3.63, 3.8) is 0 Å². The van der Waals surface area contributed by atoms with Crippen molar-refractivity contribution in [1.29, 1.82) is 0 Å². The summed E-state index contributed by atoms with van der Waals surface area (Å²) in [7, 11) is 0. The average molecular weight is 454 g/mol. The highest BCUT2D eigenvalue weighted by Gasteiger charge is 2.18. The quantitative estimate of drug-likeness (QED) is 0.355. The van der Waals surface area contributed by atoms with Gasteiger partial charge in [0, 0.05) is 19.6 Å². The summed E-state index contributed by atoms with van der Waals surface area (Å²) in [6, 6.07) is 16.3. The third-order valence-corrected chi connectivity index (χ3v) is 4.90. The predicted octanol–water partition coefficient (Wildman–Crippen LogP) is 4.15. The SMILES string of the molecule is NNC(c1cc(Br)ccc1I)c1cccc2ncccc12. The molecule has 1 unspecified atom stereocenters. The molecule has 0 spiro atoms. The fourth-order valence-corrected chi connectivity index (χ4v) is 3.49. The minimum absolute atomic E-state index is 0.0812. The van der Waals surface area contributed by atoms with Crippen LogP contribution in [0.4, 0.5) is 0 Å². The van der Waals surface area contributed by atoms with Crippen LogP contribution in [0.2, 0.25) is 0 Å². The van der Waals surface area contributed by atoms with E-state index in [0.29, 0.717) is 0 Å². The van der Waals surface area contributed by atoms with E-state index in [0.717, 1.165) is 26.5 Å². The van der Waals surface area contributed by atoms with Gasteiger partial charge in [-0.25, -0.2) is 5.43 Å². The Morgan fingerprint density at radius 1 is 1.10 bits per heavy atom. The fraction of sp³-hybridized carbons (Fsp3) is 0.0625. The first-order valence-electron chi connectivity index (χ1n) is 6.45. The lowest BCUT2D eigenvalue weighted by Crippen LogP contribution is -2.29. The van der Waals surface area contributed by atoms with E-state index in [9.17, 15) is 0 Å². The number of pyridine rings is 1. The highest BCUT2D eigenvalue weighted by molar-refractivity contribution is 14.1. The molecule has 1 heterocycles. The van der Waals surface area contributed by atoms with Gasteiger partial charge in [-0.1, -0.05) is 34.1 Å². The molecule has 0 amide bonds. The summed E-state index contributed by atoms with van der Waals surface area (Å²) >= 11 is 5.87. The molecule has 0 aliphatic rings. The summed E-state index contributed by atoms with van der Waals surface area (Å²) in [5, 5.41) is 1.11. The van der Waals surface area contributed by atoms with Crippen LogP contribution in [0.5, 0.6) is 0 Å². The first-order valence-corrected chi connectivity index (χ1v) is 8.32. The van der Waals surface area contributed by atoms with Crippen molar-refractivity contribution in [3.05, 3.63) is 73.9 Å². The number of fused-ring (bicyclic) bond motifs is 1. The number of hydrazine groups is 1. The lowest BCUT2D eigenvalue weighted by Gasteiger charge is -2.20. The van der Waals surface area contributed by atoms with E-state index in [2.05, 4.69) is 73.2 Å². The fourth-order valence-electron chi connectivity index (χ4n) is 2.46. The molecule has 3 aromatic rings. The van der Waals surface area contributed by atoms with Gasteiger partial charge in [0.25, 0.3) is 0 Å². The van der Waals surface area contributed by atoms with Gasteiger partial charge in [-0.2, -0.15) is 0 Å². The first-order chi connectivity index (χ1) is 10.2. The van der Waals surface area contributed by atoms with Crippen molar-refractivity contribution < 1.29 is 0 Å². The van der Waals surface area contributed by atoms with Crippen LogP contribution in [-0.4, -0.2) is 4.98 Å². The largest absolute Gasteiger partial charge is 0.271 e. The van der Waals surface area contributed by atoms with Crippen LogP contribution >= 0.6 is 38.5 Å². The van der Waals surface area contributed by atoms with Crippen LogP contribution < -0.4 is 11.3 Å². The maximum Gasteiger partial charge on any atom is 0.0727 e. The molecular weight excluding hydrogens is 441 g/mol. The molecular formula is C16H13BrIN3. The van der Waals surface area contributed by atoms with Crippen LogP contribution in [0.15, 0.2) is 59.2 Å². The first kappa shape index (κ1) is 14.9. The molecule has 1 atom stereocenters. The van der Waals surface area contributed by atoms with Crippen molar-refractivity contribution >= 4 is 49.4 Å². The van der Waals surface area contributed by atoms with E-state index in [1.165, 1.54) is 3.57 Å². The molecule has 21 heavy (non-hydrogen) atoms. The zero-order valence-corrected chi connectivity index (χ0v) is 14.8. The Morgan fingerprint density at radius 3 is 2.76 bits per heavy atom. The number of halogens is 2. The van der Waals surface area contributed by atoms with Gasteiger partial charge in [0.1, 0.15) is 0 Å². The summed E-state index contributed by atoms with van der Waals surface area (Å²) in [5.41, 5.74) is 6.18. The Labute approximate surface area is 145 Å². The summed E-state index contributed by atoms with van der Waals surface area (Å²) in [6.45, 7) is 0. The lowest BCUT2D eigenvalue weighted by atomic mass is 9.96. The predicted molar refractivity (Wildman–Crippen MR) is 97.8 cm³/mol.